The number of ether oxygens (including phenoxy) is 2. The Kier molecular flexibility index (Phi) is 13.8. The van der Waals surface area contributed by atoms with E-state index in [-0.39, 0.29) is 12.6 Å². The molecule has 0 aliphatic heterocycles. The summed E-state index contributed by atoms with van der Waals surface area (Å²) in [4.78, 5) is 31.4. The molecule has 4 N–H and O–H groups in total. The monoisotopic (exact) mass is 599 g/mol. The number of anilines is 1. The highest BCUT2D eigenvalue weighted by molar-refractivity contribution is 6.34. The summed E-state index contributed by atoms with van der Waals surface area (Å²) in [6.45, 7) is 7.53. The van der Waals surface area contributed by atoms with E-state index in [2.05, 4.69) is 25.9 Å². The van der Waals surface area contributed by atoms with Crippen LogP contribution in [0.2, 0.25) is 5.02 Å². The van der Waals surface area contributed by atoms with Crippen molar-refractivity contribution in [1.82, 2.24) is 20.6 Å². The fourth-order valence-corrected chi connectivity index (χ4v) is 4.67. The number of hydrogen-bond acceptors (Lipinski definition) is 6. The number of carbonyl (C=O) groups is 2. The van der Waals surface area contributed by atoms with Gasteiger partial charge in [0.15, 0.2) is 0 Å². The minimum Gasteiger partial charge on any atom is -0.445 e. The van der Waals surface area contributed by atoms with Gasteiger partial charge in [0.1, 0.15) is 18.0 Å². The van der Waals surface area contributed by atoms with Gasteiger partial charge >= 0.3 is 12.2 Å². The van der Waals surface area contributed by atoms with Crippen molar-refractivity contribution in [2.75, 3.05) is 18.4 Å². The lowest BCUT2D eigenvalue weighted by atomic mass is 10.1. The maximum atomic E-state index is 11.9. The van der Waals surface area contributed by atoms with Gasteiger partial charge in [0.25, 0.3) is 0 Å². The number of imidazole rings is 1. The van der Waals surface area contributed by atoms with E-state index < -0.39 is 11.7 Å². The van der Waals surface area contributed by atoms with Crippen LogP contribution in [0, 0.1) is 0 Å². The van der Waals surface area contributed by atoms with Crippen LogP contribution < -0.4 is 16.0 Å². The number of nitrogens with one attached hydrogen (secondary N) is 4. The molecule has 10 heteroatoms. The van der Waals surface area contributed by atoms with Crippen LogP contribution in [-0.4, -0.2) is 40.8 Å². The second kappa shape index (κ2) is 17.5. The number of halogens is 1. The van der Waals surface area contributed by atoms with Crippen LogP contribution in [0.1, 0.15) is 89.9 Å². The molecule has 0 radical (unpaired) electrons. The average Bonchev–Trinajstić information content (AvgIpc) is 3.34. The molecule has 0 unspecified atom stereocenters. The number of amides is 2. The van der Waals surface area contributed by atoms with Gasteiger partial charge in [0, 0.05) is 13.1 Å². The summed E-state index contributed by atoms with van der Waals surface area (Å²) in [5, 5.41) is 9.60. The Morgan fingerprint density at radius 3 is 2.17 bits per heavy atom. The standard InChI is InChI=1S/C32H46ClN5O4/c1-32(2,3)42-31(40)36-22-29-37-27-20-25(33)26(21-28(27)38-29)34-18-14-9-7-5-4-6-8-10-15-19-35-30(39)41-23-24-16-12-11-13-17-24/h11-13,16-17,20-21,34H,4-10,14-15,18-19,22-23H2,1-3H3,(H,35,39)(H,36,40)(H,37,38). The van der Waals surface area contributed by atoms with Gasteiger partial charge in [0.05, 0.1) is 28.3 Å². The van der Waals surface area contributed by atoms with E-state index in [0.29, 0.717) is 24.0 Å². The number of hydrogen-bond donors (Lipinski definition) is 4. The van der Waals surface area contributed by atoms with E-state index in [1.54, 1.807) is 0 Å². The predicted molar refractivity (Wildman–Crippen MR) is 169 cm³/mol. The van der Waals surface area contributed by atoms with Gasteiger partial charge in [-0.15, -0.1) is 0 Å². The zero-order chi connectivity index (χ0) is 30.2. The Morgan fingerprint density at radius 2 is 1.50 bits per heavy atom. The normalized spacial score (nSPS) is 11.3. The van der Waals surface area contributed by atoms with E-state index in [1.165, 1.54) is 38.5 Å². The molecule has 2 aromatic carbocycles. The maximum Gasteiger partial charge on any atom is 0.408 e. The van der Waals surface area contributed by atoms with Crippen molar-refractivity contribution in [2.45, 2.75) is 97.3 Å². The first-order chi connectivity index (χ1) is 20.2. The lowest BCUT2D eigenvalue weighted by molar-refractivity contribution is 0.0522. The Labute approximate surface area is 254 Å². The number of alkyl carbamates (subject to hydrolysis) is 2. The predicted octanol–water partition coefficient (Wildman–Crippen LogP) is 8.09. The van der Waals surface area contributed by atoms with E-state index in [4.69, 9.17) is 21.1 Å². The van der Waals surface area contributed by atoms with Crippen molar-refractivity contribution in [3.8, 4) is 0 Å². The van der Waals surface area contributed by atoms with E-state index in [1.807, 2.05) is 63.2 Å². The molecule has 9 nitrogen and oxygen atoms in total. The lowest BCUT2D eigenvalue weighted by Crippen LogP contribution is -2.32. The third-order valence-corrected chi connectivity index (χ3v) is 6.88. The first-order valence-electron chi connectivity index (χ1n) is 15.0. The fraction of sp³-hybridized carbons (Fsp3) is 0.531. The lowest BCUT2D eigenvalue weighted by Gasteiger charge is -2.19. The van der Waals surface area contributed by atoms with Crippen molar-refractivity contribution < 1.29 is 19.1 Å². The smallest absolute Gasteiger partial charge is 0.408 e. The average molecular weight is 600 g/mol. The second-order valence-electron chi connectivity index (χ2n) is 11.5. The molecule has 0 aliphatic carbocycles. The van der Waals surface area contributed by atoms with Gasteiger partial charge in [-0.05, 0) is 51.3 Å². The quantitative estimate of drug-likeness (QED) is 0.116. The number of nitrogens with zero attached hydrogens (tertiary/aromatic N) is 1. The first-order valence-corrected chi connectivity index (χ1v) is 15.4. The van der Waals surface area contributed by atoms with Gasteiger partial charge < -0.3 is 30.4 Å². The number of rotatable bonds is 17. The van der Waals surface area contributed by atoms with Crippen molar-refractivity contribution in [3.63, 3.8) is 0 Å². The number of aromatic nitrogens is 2. The molecular formula is C32H46ClN5O4. The molecule has 0 atom stereocenters. The molecule has 0 bridgehead atoms. The fourth-order valence-electron chi connectivity index (χ4n) is 4.45. The zero-order valence-corrected chi connectivity index (χ0v) is 25.9. The molecule has 0 saturated heterocycles. The van der Waals surface area contributed by atoms with E-state index >= 15 is 0 Å². The topological polar surface area (TPSA) is 117 Å². The summed E-state index contributed by atoms with van der Waals surface area (Å²) in [6.07, 6.45) is 9.64. The number of fused-ring (bicyclic) bond motifs is 1. The molecule has 0 aliphatic rings. The van der Waals surface area contributed by atoms with Gasteiger partial charge in [-0.25, -0.2) is 14.6 Å². The third kappa shape index (κ3) is 13.0. The molecule has 0 fully saturated rings. The van der Waals surface area contributed by atoms with Gasteiger partial charge in [-0.3, -0.25) is 0 Å². The largest absolute Gasteiger partial charge is 0.445 e. The van der Waals surface area contributed by atoms with Crippen molar-refractivity contribution in [2.24, 2.45) is 0 Å². The molecule has 1 aromatic heterocycles. The summed E-state index contributed by atoms with van der Waals surface area (Å²) in [5.74, 6) is 0.639. The zero-order valence-electron chi connectivity index (χ0n) is 25.2. The highest BCUT2D eigenvalue weighted by Gasteiger charge is 2.16. The Bertz CT molecular complexity index is 1240. The van der Waals surface area contributed by atoms with Crippen molar-refractivity contribution in [1.29, 1.82) is 0 Å². The van der Waals surface area contributed by atoms with E-state index in [0.717, 1.165) is 48.1 Å². The highest BCUT2D eigenvalue weighted by Crippen LogP contribution is 2.27. The second-order valence-corrected chi connectivity index (χ2v) is 11.9. The Balaban J connectivity index is 1.18. The van der Waals surface area contributed by atoms with Gasteiger partial charge in [-0.2, -0.15) is 0 Å². The first kappa shape index (κ1) is 33.0. The number of H-pyrrole nitrogens is 1. The van der Waals surface area contributed by atoms with Crippen molar-refractivity contribution >= 4 is 40.5 Å². The highest BCUT2D eigenvalue weighted by atomic mass is 35.5. The minimum atomic E-state index is -0.547. The van der Waals surface area contributed by atoms with Crippen LogP contribution in [0.5, 0.6) is 0 Å². The Hall–Kier alpha value is -3.46. The molecule has 42 heavy (non-hydrogen) atoms. The van der Waals surface area contributed by atoms with E-state index in [9.17, 15) is 9.59 Å². The molecule has 1 heterocycles. The molecule has 2 amide bonds. The SMILES string of the molecule is CC(C)(C)OC(=O)NCc1nc2cc(Cl)c(NCCCCCCCCCCCNC(=O)OCc3ccccc3)cc2[nH]1. The van der Waals surface area contributed by atoms with Crippen LogP contribution in [0.3, 0.4) is 0 Å². The number of benzene rings is 2. The summed E-state index contributed by atoms with van der Waals surface area (Å²) in [5.41, 5.74) is 2.93. The molecule has 230 valence electrons. The number of unbranched alkanes of at least 4 members (excludes halogenated alkanes) is 8. The number of aromatic amines is 1. The molecule has 3 rings (SSSR count). The molecule has 3 aromatic rings. The van der Waals surface area contributed by atoms with Crippen LogP contribution in [-0.2, 0) is 22.6 Å². The number of carbonyl (C=O) groups excluding carboxylic acids is 2. The van der Waals surface area contributed by atoms with Gasteiger partial charge in [-0.1, -0.05) is 86.9 Å². The third-order valence-electron chi connectivity index (χ3n) is 6.57. The Morgan fingerprint density at radius 1 is 0.857 bits per heavy atom. The van der Waals surface area contributed by atoms with Crippen LogP contribution in [0.15, 0.2) is 42.5 Å². The molecule has 0 spiro atoms. The summed E-state index contributed by atoms with van der Waals surface area (Å²) in [6, 6.07) is 13.5. The summed E-state index contributed by atoms with van der Waals surface area (Å²) in [7, 11) is 0. The summed E-state index contributed by atoms with van der Waals surface area (Å²) < 4.78 is 10.5. The van der Waals surface area contributed by atoms with Crippen LogP contribution >= 0.6 is 11.6 Å². The molecule has 0 saturated carbocycles. The van der Waals surface area contributed by atoms with Gasteiger partial charge in [0.2, 0.25) is 0 Å². The molecular weight excluding hydrogens is 554 g/mol. The summed E-state index contributed by atoms with van der Waals surface area (Å²) >= 11 is 6.48. The van der Waals surface area contributed by atoms with Crippen LogP contribution in [0.4, 0.5) is 15.3 Å². The minimum absolute atomic E-state index is 0.243. The van der Waals surface area contributed by atoms with Crippen LogP contribution in [0.25, 0.3) is 11.0 Å². The maximum absolute atomic E-state index is 11.9. The van der Waals surface area contributed by atoms with Crippen molar-refractivity contribution in [3.05, 3.63) is 58.9 Å².